The fourth-order valence-corrected chi connectivity index (χ4v) is 1.29. The van der Waals surface area contributed by atoms with Gasteiger partial charge in [-0.3, -0.25) is 0 Å². The molecule has 17 heavy (non-hydrogen) atoms. The van der Waals surface area contributed by atoms with Crippen molar-refractivity contribution in [1.29, 1.82) is 0 Å². The fraction of sp³-hybridized carbons (Fsp3) is 0.500. The van der Waals surface area contributed by atoms with E-state index in [0.29, 0.717) is 18.2 Å². The number of anilines is 1. The van der Waals surface area contributed by atoms with Gasteiger partial charge in [0.15, 0.2) is 0 Å². The largest absolute Gasteiger partial charge is 0.419 e. The highest BCUT2D eigenvalue weighted by atomic mass is 19.4. The molecule has 0 radical (unpaired) electrons. The first-order valence-electron chi connectivity index (χ1n) is 5.45. The lowest BCUT2D eigenvalue weighted by Crippen LogP contribution is -2.12. The molecule has 1 aromatic rings. The number of rotatable bonds is 4. The topological polar surface area (TPSA) is 12.0 Å². The molecule has 1 aromatic carbocycles. The predicted molar refractivity (Wildman–Crippen MR) is 59.3 cm³/mol. The Morgan fingerprint density at radius 1 is 1.29 bits per heavy atom. The van der Waals surface area contributed by atoms with E-state index in [0.717, 1.165) is 18.6 Å². The summed E-state index contributed by atoms with van der Waals surface area (Å²) in [6.07, 6.45) is -3.72. The zero-order valence-corrected chi connectivity index (χ0v) is 9.74. The third kappa shape index (κ3) is 3.91. The van der Waals surface area contributed by atoms with E-state index in [1.165, 1.54) is 6.07 Å². The van der Waals surface area contributed by atoms with E-state index < -0.39 is 17.6 Å². The van der Waals surface area contributed by atoms with Crippen molar-refractivity contribution in [3.63, 3.8) is 0 Å². The predicted octanol–water partition coefficient (Wildman–Crippen LogP) is 4.30. The van der Waals surface area contributed by atoms with Crippen LogP contribution in [0.1, 0.15) is 25.8 Å². The second-order valence-electron chi connectivity index (χ2n) is 4.09. The lowest BCUT2D eigenvalue weighted by Gasteiger charge is -2.14. The Morgan fingerprint density at radius 3 is 2.47 bits per heavy atom. The summed E-state index contributed by atoms with van der Waals surface area (Å²) in [6.45, 7) is 4.55. The molecule has 1 unspecified atom stereocenters. The molecule has 1 atom stereocenters. The summed E-state index contributed by atoms with van der Waals surface area (Å²) >= 11 is 0. The number of benzene rings is 1. The number of halogens is 4. The SMILES string of the molecule is CCC(C)CNc1ccc(F)c(C(F)(F)F)c1. The van der Waals surface area contributed by atoms with Gasteiger partial charge in [-0.05, 0) is 24.1 Å². The summed E-state index contributed by atoms with van der Waals surface area (Å²) in [5.74, 6) is -0.888. The fourth-order valence-electron chi connectivity index (χ4n) is 1.29. The molecule has 0 saturated carbocycles. The summed E-state index contributed by atoms with van der Waals surface area (Å²) in [5.41, 5.74) is -0.939. The average Bonchev–Trinajstić information content (AvgIpc) is 2.26. The highest BCUT2D eigenvalue weighted by molar-refractivity contribution is 5.47. The Bertz CT molecular complexity index is 373. The molecule has 0 fully saturated rings. The standard InChI is InChI=1S/C12H15F4N/c1-3-8(2)7-17-9-4-5-11(13)10(6-9)12(14,15)16/h4-6,8,17H,3,7H2,1-2H3. The van der Waals surface area contributed by atoms with Crippen molar-refractivity contribution < 1.29 is 17.6 Å². The van der Waals surface area contributed by atoms with Crippen LogP contribution >= 0.6 is 0 Å². The smallest absolute Gasteiger partial charge is 0.385 e. The van der Waals surface area contributed by atoms with Gasteiger partial charge in [0, 0.05) is 12.2 Å². The normalized spacial score (nSPS) is 13.5. The maximum absolute atomic E-state index is 13.0. The van der Waals surface area contributed by atoms with Gasteiger partial charge in [-0.15, -0.1) is 0 Å². The second kappa shape index (κ2) is 5.38. The van der Waals surface area contributed by atoms with E-state index >= 15 is 0 Å². The van der Waals surface area contributed by atoms with Crippen LogP contribution in [0.2, 0.25) is 0 Å². The van der Waals surface area contributed by atoms with Crippen LogP contribution in [-0.2, 0) is 6.18 Å². The van der Waals surface area contributed by atoms with Gasteiger partial charge in [0.05, 0.1) is 5.56 Å². The maximum Gasteiger partial charge on any atom is 0.419 e. The Kier molecular flexibility index (Phi) is 4.37. The van der Waals surface area contributed by atoms with Crippen LogP contribution in [0.3, 0.4) is 0 Å². The minimum absolute atomic E-state index is 0.291. The van der Waals surface area contributed by atoms with Crippen LogP contribution in [0.25, 0.3) is 0 Å². The minimum atomic E-state index is -4.65. The second-order valence-corrected chi connectivity index (χ2v) is 4.09. The summed E-state index contributed by atoms with van der Waals surface area (Å²) < 4.78 is 50.3. The molecule has 1 nitrogen and oxygen atoms in total. The molecule has 0 heterocycles. The van der Waals surface area contributed by atoms with Crippen LogP contribution in [0.5, 0.6) is 0 Å². The number of hydrogen-bond acceptors (Lipinski definition) is 1. The Hall–Kier alpha value is -1.26. The molecule has 0 amide bonds. The summed E-state index contributed by atoms with van der Waals surface area (Å²) in [6, 6.07) is 2.95. The third-order valence-corrected chi connectivity index (χ3v) is 2.62. The molecule has 1 N–H and O–H groups in total. The van der Waals surface area contributed by atoms with E-state index in [4.69, 9.17) is 0 Å². The van der Waals surface area contributed by atoms with Gasteiger partial charge >= 0.3 is 6.18 Å². The van der Waals surface area contributed by atoms with Gasteiger partial charge in [0.1, 0.15) is 5.82 Å². The van der Waals surface area contributed by atoms with Crippen molar-refractivity contribution in [2.45, 2.75) is 26.4 Å². The summed E-state index contributed by atoms with van der Waals surface area (Å²) in [5, 5.41) is 2.87. The van der Waals surface area contributed by atoms with Crippen molar-refractivity contribution in [2.24, 2.45) is 5.92 Å². The molecule has 0 aliphatic heterocycles. The molecule has 0 spiro atoms. The lowest BCUT2D eigenvalue weighted by atomic mass is 10.1. The van der Waals surface area contributed by atoms with Crippen LogP contribution in [0, 0.1) is 11.7 Å². The van der Waals surface area contributed by atoms with Crippen LogP contribution in [-0.4, -0.2) is 6.54 Å². The van der Waals surface area contributed by atoms with Gasteiger partial charge in [-0.2, -0.15) is 13.2 Å². The molecule has 0 bridgehead atoms. The Morgan fingerprint density at radius 2 is 1.94 bits per heavy atom. The molecule has 0 aliphatic carbocycles. The molecule has 0 saturated heterocycles. The van der Waals surface area contributed by atoms with Crippen LogP contribution in [0.15, 0.2) is 18.2 Å². The van der Waals surface area contributed by atoms with E-state index in [1.54, 1.807) is 0 Å². The zero-order valence-electron chi connectivity index (χ0n) is 9.74. The van der Waals surface area contributed by atoms with Crippen molar-refractivity contribution in [3.8, 4) is 0 Å². The van der Waals surface area contributed by atoms with Gasteiger partial charge in [0.25, 0.3) is 0 Å². The van der Waals surface area contributed by atoms with Crippen LogP contribution < -0.4 is 5.32 Å². The Labute approximate surface area is 97.8 Å². The molecule has 96 valence electrons. The zero-order chi connectivity index (χ0) is 13.1. The first-order chi connectivity index (χ1) is 7.84. The number of hydrogen-bond donors (Lipinski definition) is 1. The van der Waals surface area contributed by atoms with Gasteiger partial charge in [-0.25, -0.2) is 4.39 Å². The van der Waals surface area contributed by atoms with Crippen molar-refractivity contribution in [2.75, 3.05) is 11.9 Å². The van der Waals surface area contributed by atoms with Crippen molar-refractivity contribution in [1.82, 2.24) is 0 Å². The molecule has 1 rings (SSSR count). The van der Waals surface area contributed by atoms with Crippen LogP contribution in [0.4, 0.5) is 23.2 Å². The number of nitrogens with one attached hydrogen (secondary N) is 1. The van der Waals surface area contributed by atoms with Gasteiger partial charge in [-0.1, -0.05) is 20.3 Å². The monoisotopic (exact) mass is 249 g/mol. The maximum atomic E-state index is 13.0. The molecular formula is C12H15F4N. The highest BCUT2D eigenvalue weighted by Crippen LogP contribution is 2.32. The van der Waals surface area contributed by atoms with E-state index in [1.807, 2.05) is 13.8 Å². The first kappa shape index (κ1) is 13.8. The molecule has 5 heteroatoms. The first-order valence-corrected chi connectivity index (χ1v) is 5.45. The summed E-state index contributed by atoms with van der Waals surface area (Å²) in [7, 11) is 0. The van der Waals surface area contributed by atoms with Crippen molar-refractivity contribution >= 4 is 5.69 Å². The van der Waals surface area contributed by atoms with E-state index in [2.05, 4.69) is 5.32 Å². The third-order valence-electron chi connectivity index (χ3n) is 2.62. The Balaban J connectivity index is 2.82. The van der Waals surface area contributed by atoms with E-state index in [-0.39, 0.29) is 0 Å². The summed E-state index contributed by atoms with van der Waals surface area (Å²) in [4.78, 5) is 0. The molecule has 0 aromatic heterocycles. The highest BCUT2D eigenvalue weighted by Gasteiger charge is 2.34. The van der Waals surface area contributed by atoms with Gasteiger partial charge in [0.2, 0.25) is 0 Å². The lowest BCUT2D eigenvalue weighted by molar-refractivity contribution is -0.139. The van der Waals surface area contributed by atoms with E-state index in [9.17, 15) is 17.6 Å². The molecule has 0 aliphatic rings. The van der Waals surface area contributed by atoms with Gasteiger partial charge < -0.3 is 5.32 Å². The minimum Gasteiger partial charge on any atom is -0.385 e. The average molecular weight is 249 g/mol. The van der Waals surface area contributed by atoms with Crippen molar-refractivity contribution in [3.05, 3.63) is 29.6 Å². The quantitative estimate of drug-likeness (QED) is 0.784. The number of alkyl halides is 3. The molecular weight excluding hydrogens is 234 g/mol.